The van der Waals surface area contributed by atoms with Gasteiger partial charge < -0.3 is 5.11 Å². The summed E-state index contributed by atoms with van der Waals surface area (Å²) in [6.07, 6.45) is 4.41. The second-order valence-electron chi connectivity index (χ2n) is 3.15. The Morgan fingerprint density at radius 3 is 2.50 bits per heavy atom. The minimum Gasteiger partial charge on any atom is -0.396 e. The molecule has 0 aliphatic carbocycles. The summed E-state index contributed by atoms with van der Waals surface area (Å²) in [5, 5.41) is 8.68. The molecule has 60 valence electrons. The van der Waals surface area contributed by atoms with Gasteiger partial charge in [-0.25, -0.2) is 0 Å². The molecule has 0 amide bonds. The minimum atomic E-state index is 0.316. The fourth-order valence-corrected chi connectivity index (χ4v) is 0.748. The van der Waals surface area contributed by atoms with E-state index in [1.165, 1.54) is 5.57 Å². The fourth-order valence-electron chi connectivity index (χ4n) is 0.748. The van der Waals surface area contributed by atoms with Crippen LogP contribution in [0.15, 0.2) is 11.6 Å². The minimum absolute atomic E-state index is 0.316. The number of hydrogen-bond acceptors (Lipinski definition) is 1. The van der Waals surface area contributed by atoms with Gasteiger partial charge in [0.05, 0.1) is 0 Å². The summed E-state index contributed by atoms with van der Waals surface area (Å²) in [7, 11) is 0. The van der Waals surface area contributed by atoms with E-state index in [1.807, 2.05) is 0 Å². The van der Waals surface area contributed by atoms with Crippen LogP contribution >= 0.6 is 0 Å². The van der Waals surface area contributed by atoms with Crippen LogP contribution in [0.5, 0.6) is 0 Å². The van der Waals surface area contributed by atoms with Gasteiger partial charge in [0.25, 0.3) is 0 Å². The van der Waals surface area contributed by atoms with Crippen LogP contribution in [0.25, 0.3) is 0 Å². The molecular weight excluding hydrogens is 124 g/mol. The zero-order valence-corrected chi connectivity index (χ0v) is 7.22. The third-order valence-corrected chi connectivity index (χ3v) is 1.52. The molecule has 1 unspecified atom stereocenters. The summed E-state index contributed by atoms with van der Waals surface area (Å²) >= 11 is 0. The molecule has 1 N–H and O–H groups in total. The van der Waals surface area contributed by atoms with Crippen molar-refractivity contribution in [1.29, 1.82) is 0 Å². The zero-order valence-electron chi connectivity index (χ0n) is 7.22. The van der Waals surface area contributed by atoms with Gasteiger partial charge >= 0.3 is 0 Å². The summed E-state index contributed by atoms with van der Waals surface area (Å²) in [5.41, 5.74) is 1.37. The molecule has 0 heterocycles. The average Bonchev–Trinajstić information content (AvgIpc) is 1.87. The summed E-state index contributed by atoms with van der Waals surface area (Å²) in [6, 6.07) is 0. The van der Waals surface area contributed by atoms with E-state index < -0.39 is 0 Å². The maximum Gasteiger partial charge on any atom is 0.0456 e. The summed E-state index contributed by atoms with van der Waals surface area (Å²) in [6.45, 7) is 6.59. The van der Waals surface area contributed by atoms with Crippen LogP contribution in [0.1, 0.15) is 33.6 Å². The third-order valence-electron chi connectivity index (χ3n) is 1.52. The van der Waals surface area contributed by atoms with Crippen molar-refractivity contribution >= 4 is 0 Å². The molecule has 0 aliphatic rings. The van der Waals surface area contributed by atoms with Gasteiger partial charge in [0.2, 0.25) is 0 Å². The lowest BCUT2D eigenvalue weighted by Gasteiger charge is -2.03. The number of aliphatic hydroxyl groups excluding tert-OH is 1. The van der Waals surface area contributed by atoms with E-state index >= 15 is 0 Å². The van der Waals surface area contributed by atoms with Crippen LogP contribution in [-0.4, -0.2) is 11.7 Å². The number of allylic oxidation sites excluding steroid dienone is 2. The zero-order chi connectivity index (χ0) is 7.98. The first-order valence-electron chi connectivity index (χ1n) is 3.91. The lowest BCUT2D eigenvalue weighted by Crippen LogP contribution is -1.98. The van der Waals surface area contributed by atoms with Crippen molar-refractivity contribution in [2.45, 2.75) is 33.6 Å². The highest BCUT2D eigenvalue weighted by molar-refractivity contribution is 4.92. The van der Waals surface area contributed by atoms with Crippen molar-refractivity contribution in [1.82, 2.24) is 0 Å². The molecule has 0 rings (SSSR count). The molecule has 0 aromatic rings. The fraction of sp³-hybridized carbons (Fsp3) is 0.778. The summed E-state index contributed by atoms with van der Waals surface area (Å²) in [5.74, 6) is 0.454. The molecule has 1 heteroatoms. The van der Waals surface area contributed by atoms with E-state index in [4.69, 9.17) is 5.11 Å². The predicted molar refractivity (Wildman–Crippen MR) is 44.9 cm³/mol. The Bertz CT molecular complexity index is 101. The van der Waals surface area contributed by atoms with Crippen molar-refractivity contribution in [3.8, 4) is 0 Å². The van der Waals surface area contributed by atoms with Crippen LogP contribution in [0, 0.1) is 5.92 Å². The third kappa shape index (κ3) is 5.83. The van der Waals surface area contributed by atoms with Crippen LogP contribution in [0.2, 0.25) is 0 Å². The number of rotatable bonds is 4. The second kappa shape index (κ2) is 5.48. The van der Waals surface area contributed by atoms with Gasteiger partial charge in [0.15, 0.2) is 0 Å². The summed E-state index contributed by atoms with van der Waals surface area (Å²) in [4.78, 5) is 0. The topological polar surface area (TPSA) is 20.2 Å². The molecule has 0 bridgehead atoms. The molecule has 0 fully saturated rings. The first-order chi connectivity index (χ1) is 4.66. The van der Waals surface area contributed by atoms with Gasteiger partial charge in [0.1, 0.15) is 0 Å². The molecule has 0 saturated heterocycles. The van der Waals surface area contributed by atoms with Gasteiger partial charge in [0, 0.05) is 6.61 Å². The van der Waals surface area contributed by atoms with E-state index in [0.29, 0.717) is 12.5 Å². The van der Waals surface area contributed by atoms with Crippen LogP contribution in [0.3, 0.4) is 0 Å². The maximum absolute atomic E-state index is 8.68. The quantitative estimate of drug-likeness (QED) is 0.597. The monoisotopic (exact) mass is 142 g/mol. The van der Waals surface area contributed by atoms with Crippen LogP contribution in [0.4, 0.5) is 0 Å². The van der Waals surface area contributed by atoms with Crippen molar-refractivity contribution in [3.05, 3.63) is 11.6 Å². The molecule has 0 aliphatic heterocycles. The molecule has 0 spiro atoms. The smallest absolute Gasteiger partial charge is 0.0456 e. The van der Waals surface area contributed by atoms with E-state index in [-0.39, 0.29) is 0 Å². The lowest BCUT2D eigenvalue weighted by atomic mass is 10.1. The second-order valence-corrected chi connectivity index (χ2v) is 3.15. The average molecular weight is 142 g/mol. The SMILES string of the molecule is CC(C)=CCCC(C)CO. The molecule has 0 aromatic heterocycles. The summed E-state index contributed by atoms with van der Waals surface area (Å²) < 4.78 is 0. The number of hydrogen-bond donors (Lipinski definition) is 1. The maximum atomic E-state index is 8.68. The van der Waals surface area contributed by atoms with E-state index in [1.54, 1.807) is 0 Å². The Hall–Kier alpha value is -0.300. The van der Waals surface area contributed by atoms with Crippen LogP contribution in [-0.2, 0) is 0 Å². The van der Waals surface area contributed by atoms with E-state index in [2.05, 4.69) is 26.8 Å². The van der Waals surface area contributed by atoms with Gasteiger partial charge in [-0.2, -0.15) is 0 Å². The largest absolute Gasteiger partial charge is 0.396 e. The highest BCUT2D eigenvalue weighted by Crippen LogP contribution is 2.05. The number of aliphatic hydroxyl groups is 1. The highest BCUT2D eigenvalue weighted by atomic mass is 16.3. The molecule has 1 nitrogen and oxygen atoms in total. The van der Waals surface area contributed by atoms with Crippen molar-refractivity contribution in [3.63, 3.8) is 0 Å². The first-order valence-corrected chi connectivity index (χ1v) is 3.91. The lowest BCUT2D eigenvalue weighted by molar-refractivity contribution is 0.231. The molecular formula is C9H18O. The van der Waals surface area contributed by atoms with E-state index in [9.17, 15) is 0 Å². The molecule has 10 heavy (non-hydrogen) atoms. The van der Waals surface area contributed by atoms with Crippen molar-refractivity contribution < 1.29 is 5.11 Å². The van der Waals surface area contributed by atoms with Gasteiger partial charge in [-0.3, -0.25) is 0 Å². The predicted octanol–water partition coefficient (Wildman–Crippen LogP) is 2.36. The van der Waals surface area contributed by atoms with E-state index in [0.717, 1.165) is 12.8 Å². The van der Waals surface area contributed by atoms with Crippen molar-refractivity contribution in [2.24, 2.45) is 5.92 Å². The molecule has 0 radical (unpaired) electrons. The Labute approximate surface area is 63.8 Å². The Balaban J connectivity index is 3.28. The van der Waals surface area contributed by atoms with Crippen LogP contribution < -0.4 is 0 Å². The van der Waals surface area contributed by atoms with Gasteiger partial charge in [-0.1, -0.05) is 18.6 Å². The standard InChI is InChI=1S/C9H18O/c1-8(2)5-4-6-9(3)7-10/h5,9-10H,4,6-7H2,1-3H3. The molecule has 0 saturated carbocycles. The normalized spacial score (nSPS) is 12.8. The molecule has 0 aromatic carbocycles. The highest BCUT2D eigenvalue weighted by Gasteiger charge is 1.96. The Morgan fingerprint density at radius 1 is 1.50 bits per heavy atom. The van der Waals surface area contributed by atoms with Gasteiger partial charge in [-0.05, 0) is 32.6 Å². The Morgan fingerprint density at radius 2 is 2.10 bits per heavy atom. The Kier molecular flexibility index (Phi) is 5.32. The first kappa shape index (κ1) is 9.70. The molecule has 1 atom stereocenters. The van der Waals surface area contributed by atoms with Gasteiger partial charge in [-0.15, -0.1) is 0 Å². The van der Waals surface area contributed by atoms with Crippen molar-refractivity contribution in [2.75, 3.05) is 6.61 Å².